The van der Waals surface area contributed by atoms with Crippen molar-refractivity contribution >= 4 is 39.9 Å². The molecule has 0 saturated carbocycles. The van der Waals surface area contributed by atoms with E-state index in [2.05, 4.69) is 45.1 Å². The minimum absolute atomic E-state index is 0.0298. The van der Waals surface area contributed by atoms with Crippen LogP contribution in [-0.4, -0.2) is 27.0 Å². The largest absolute Gasteiger partial charge is 0.471 e. The standard InChI is InChI=1S/C10H19Si.BrH.Mg/c1-4-7-10-11(8-5-2)9-6-3;;/h5-7,11H,2-4,8-10H2,1H3;1H;/q;;+1/p-1. The molecule has 13 heavy (non-hydrogen) atoms. The van der Waals surface area contributed by atoms with Crippen LogP contribution >= 0.6 is 12.9 Å². The summed E-state index contributed by atoms with van der Waals surface area (Å²) in [6.45, 7) is 10.00. The fourth-order valence-corrected chi connectivity index (χ4v) is 10.3. The topological polar surface area (TPSA) is 0 Å². The van der Waals surface area contributed by atoms with Gasteiger partial charge in [-0.25, -0.2) is 0 Å². The zero-order chi connectivity index (χ0) is 10.1. The molecule has 0 nitrogen and oxygen atoms in total. The number of allylic oxidation sites excluding steroid dienone is 2. The maximum atomic E-state index is 3.84. The van der Waals surface area contributed by atoms with Crippen LogP contribution in [0.15, 0.2) is 25.3 Å². The Morgan fingerprint density at radius 3 is 2.23 bits per heavy atom. The predicted octanol–water partition coefficient (Wildman–Crippen LogP) is 3.80. The van der Waals surface area contributed by atoms with E-state index >= 15 is 0 Å². The molecule has 0 fully saturated rings. The summed E-state index contributed by atoms with van der Waals surface area (Å²) in [7, 11) is -0.558. The lowest BCUT2D eigenvalue weighted by Crippen LogP contribution is -2.14. The summed E-state index contributed by atoms with van der Waals surface area (Å²) >= 11 is 3.75. The molecule has 0 heterocycles. The number of halogens is 1. The molecule has 72 valence electrons. The molecule has 1 unspecified atom stereocenters. The molecule has 0 aliphatic heterocycles. The van der Waals surface area contributed by atoms with E-state index in [0.29, 0.717) is 0 Å². The second-order valence-electron chi connectivity index (χ2n) is 3.58. The first-order valence-corrected chi connectivity index (χ1v) is 12.2. The molecular formula is C10H19BrMgSi. The Morgan fingerprint density at radius 1 is 1.38 bits per heavy atom. The zero-order valence-electron chi connectivity index (χ0n) is 8.64. The van der Waals surface area contributed by atoms with Crippen molar-refractivity contribution in [1.29, 1.82) is 0 Å². The summed E-state index contributed by atoms with van der Waals surface area (Å²) < 4.78 is 1.01. The molecule has 0 aliphatic rings. The van der Waals surface area contributed by atoms with E-state index in [1.165, 1.54) is 24.6 Å². The second kappa shape index (κ2) is 9.50. The average Bonchev–Trinajstić information content (AvgIpc) is 2.14. The third-order valence-electron chi connectivity index (χ3n) is 2.46. The molecule has 0 rings (SSSR count). The number of hydrogen-bond acceptors (Lipinski definition) is 0. The van der Waals surface area contributed by atoms with Gasteiger partial charge in [0.2, 0.25) is 0 Å². The summed E-state index contributed by atoms with van der Waals surface area (Å²) in [5, 5.41) is 0. The summed E-state index contributed by atoms with van der Waals surface area (Å²) in [4.78, 5) is 0. The third kappa shape index (κ3) is 6.94. The van der Waals surface area contributed by atoms with Crippen molar-refractivity contribution in [3.05, 3.63) is 25.3 Å². The van der Waals surface area contributed by atoms with Crippen molar-refractivity contribution < 1.29 is 0 Å². The molecule has 0 amide bonds. The fraction of sp³-hybridized carbons (Fsp3) is 0.600. The van der Waals surface area contributed by atoms with Crippen molar-refractivity contribution in [2.75, 3.05) is 0 Å². The maximum Gasteiger partial charge on any atom is 0.471 e. The van der Waals surface area contributed by atoms with Crippen LogP contribution in [0.3, 0.4) is 0 Å². The summed E-state index contributed by atoms with van der Waals surface area (Å²) in [6.07, 6.45) is 5.56. The lowest BCUT2D eigenvalue weighted by Gasteiger charge is -2.17. The molecule has 0 aromatic rings. The predicted molar refractivity (Wildman–Crippen MR) is 70.7 cm³/mol. The Bertz CT molecular complexity index is 136. The normalized spacial score (nSPS) is 12.2. The van der Waals surface area contributed by atoms with Crippen LogP contribution < -0.4 is 0 Å². The molecule has 0 aromatic heterocycles. The molecule has 0 N–H and O–H groups in total. The molecule has 0 radical (unpaired) electrons. The Labute approximate surface area is 100 Å². The van der Waals surface area contributed by atoms with Gasteiger partial charge in [-0.15, -0.1) is 17.2 Å². The van der Waals surface area contributed by atoms with Gasteiger partial charge in [-0.05, 0) is 12.1 Å². The van der Waals surface area contributed by atoms with E-state index < -0.39 is 8.80 Å². The lowest BCUT2D eigenvalue weighted by atomic mass is 10.4. The summed E-state index contributed by atoms with van der Waals surface area (Å²) in [6, 6.07) is 4.06. The van der Waals surface area contributed by atoms with Crippen LogP contribution in [0.2, 0.25) is 22.2 Å². The third-order valence-corrected chi connectivity index (χ3v) is 10.6. The van der Waals surface area contributed by atoms with Crippen LogP contribution in [-0.2, 0) is 0 Å². The smallest absolute Gasteiger partial charge is 0.306 e. The Hall–Kier alpha value is 0.943. The highest BCUT2D eigenvalue weighted by molar-refractivity contribution is 9.23. The first-order chi connectivity index (χ1) is 6.28. The highest BCUT2D eigenvalue weighted by Gasteiger charge is 2.15. The molecule has 0 saturated heterocycles. The van der Waals surface area contributed by atoms with Crippen molar-refractivity contribution in [2.24, 2.45) is 0 Å². The van der Waals surface area contributed by atoms with E-state index in [1.807, 2.05) is 0 Å². The van der Waals surface area contributed by atoms with Gasteiger partial charge < -0.3 is 12.9 Å². The zero-order valence-corrected chi connectivity index (χ0v) is 12.8. The lowest BCUT2D eigenvalue weighted by molar-refractivity contribution is 0.864. The van der Waals surface area contributed by atoms with Gasteiger partial charge >= 0.3 is 18.2 Å². The van der Waals surface area contributed by atoms with Crippen LogP contribution in [0.5, 0.6) is 0 Å². The Balaban J connectivity index is 3.89. The maximum absolute atomic E-state index is 3.84. The SMILES string of the molecule is C=CC[SiH](CC=C)C[CH](CC)[Mg][Br]. The van der Waals surface area contributed by atoms with Crippen molar-refractivity contribution in [1.82, 2.24) is 0 Å². The van der Waals surface area contributed by atoms with Gasteiger partial charge in [-0.1, -0.05) is 31.5 Å². The molecule has 1 atom stereocenters. The highest BCUT2D eigenvalue weighted by Crippen LogP contribution is 2.23. The van der Waals surface area contributed by atoms with Crippen LogP contribution in [0.4, 0.5) is 0 Å². The van der Waals surface area contributed by atoms with E-state index in [4.69, 9.17) is 0 Å². The number of rotatable bonds is 8. The van der Waals surface area contributed by atoms with Gasteiger partial charge in [0, 0.05) is 8.80 Å². The first-order valence-electron chi connectivity index (χ1n) is 5.06. The van der Waals surface area contributed by atoms with Crippen LogP contribution in [0.25, 0.3) is 0 Å². The van der Waals surface area contributed by atoms with Crippen molar-refractivity contribution in [2.45, 2.75) is 35.5 Å². The van der Waals surface area contributed by atoms with Gasteiger partial charge in [-0.2, -0.15) is 0 Å². The van der Waals surface area contributed by atoms with Gasteiger partial charge in [0.15, 0.2) is 0 Å². The van der Waals surface area contributed by atoms with Gasteiger partial charge in [-0.3, -0.25) is 0 Å². The Morgan fingerprint density at radius 2 is 1.92 bits per heavy atom. The van der Waals surface area contributed by atoms with E-state index in [1.54, 1.807) is 0 Å². The minimum Gasteiger partial charge on any atom is -0.306 e. The highest BCUT2D eigenvalue weighted by atomic mass is 79.9. The van der Waals surface area contributed by atoms with Gasteiger partial charge in [0.05, 0.1) is 0 Å². The van der Waals surface area contributed by atoms with Crippen molar-refractivity contribution in [3.8, 4) is 0 Å². The Kier molecular flexibility index (Phi) is 10.2. The first kappa shape index (κ1) is 13.9. The van der Waals surface area contributed by atoms with E-state index in [0.717, 1.165) is 4.05 Å². The van der Waals surface area contributed by atoms with Crippen LogP contribution in [0.1, 0.15) is 13.3 Å². The molecular weight excluding hydrogens is 252 g/mol. The molecule has 0 bridgehead atoms. The molecule has 0 spiro atoms. The molecule has 0 aliphatic carbocycles. The second-order valence-corrected chi connectivity index (χ2v) is 10.1. The van der Waals surface area contributed by atoms with E-state index in [-0.39, 0.29) is 18.2 Å². The fourth-order valence-electron chi connectivity index (χ4n) is 1.57. The van der Waals surface area contributed by atoms with Crippen molar-refractivity contribution in [3.63, 3.8) is 0 Å². The van der Waals surface area contributed by atoms with Gasteiger partial charge in [0.1, 0.15) is 0 Å². The number of hydrogen-bond donors (Lipinski definition) is 0. The molecule has 0 aromatic carbocycles. The van der Waals surface area contributed by atoms with E-state index in [9.17, 15) is 0 Å². The quantitative estimate of drug-likeness (QED) is 0.465. The monoisotopic (exact) mass is 270 g/mol. The minimum atomic E-state index is -0.558. The molecule has 3 heteroatoms. The summed E-state index contributed by atoms with van der Waals surface area (Å²) in [5.41, 5.74) is 0. The van der Waals surface area contributed by atoms with Gasteiger partial charge in [0.25, 0.3) is 0 Å². The summed E-state index contributed by atoms with van der Waals surface area (Å²) in [5.74, 6) is 0. The average molecular weight is 272 g/mol. The van der Waals surface area contributed by atoms with Crippen LogP contribution in [0, 0.1) is 0 Å².